The van der Waals surface area contributed by atoms with Crippen LogP contribution in [0.2, 0.25) is 0 Å². The molecule has 0 aliphatic carbocycles. The van der Waals surface area contributed by atoms with E-state index in [9.17, 15) is 14.7 Å². The summed E-state index contributed by atoms with van der Waals surface area (Å²) in [6.45, 7) is 3.39. The molecule has 0 spiro atoms. The van der Waals surface area contributed by atoms with Crippen LogP contribution < -0.4 is 4.74 Å². The van der Waals surface area contributed by atoms with Crippen molar-refractivity contribution in [2.45, 2.75) is 13.8 Å². The number of methoxy groups -OCH3 is 1. The lowest BCUT2D eigenvalue weighted by molar-refractivity contribution is 0.0684. The average Bonchev–Trinajstić information content (AvgIpc) is 2.53. The number of aromatic carboxylic acids is 1. The number of carbonyl (C=O) groups excluding carboxylic acids is 1. The molecule has 2 aromatic rings. The van der Waals surface area contributed by atoms with Gasteiger partial charge in [0.1, 0.15) is 5.75 Å². The third-order valence-electron chi connectivity index (χ3n) is 3.13. The zero-order valence-electron chi connectivity index (χ0n) is 12.5. The Morgan fingerprint density at radius 2 is 1.91 bits per heavy atom. The quantitative estimate of drug-likeness (QED) is 0.854. The Balaban J connectivity index is 2.59. The first kappa shape index (κ1) is 15.6. The van der Waals surface area contributed by atoms with E-state index in [1.165, 1.54) is 13.3 Å². The second kappa shape index (κ2) is 6.34. The number of rotatable bonds is 5. The molecule has 0 atom stereocenters. The van der Waals surface area contributed by atoms with Crippen molar-refractivity contribution in [3.63, 3.8) is 0 Å². The van der Waals surface area contributed by atoms with Crippen molar-refractivity contribution >= 4 is 11.8 Å². The molecule has 1 aromatic carbocycles. The van der Waals surface area contributed by atoms with Gasteiger partial charge in [-0.25, -0.2) is 14.8 Å². The van der Waals surface area contributed by atoms with Crippen molar-refractivity contribution in [3.05, 3.63) is 41.7 Å². The standard InChI is InChI=1S/C16H16N2O4/c1-9(2)14(19)11-8-17-15(18-13(11)16(20)21)10-6-4-5-7-12(10)22-3/h4-9H,1-3H3,(H,20,21). The summed E-state index contributed by atoms with van der Waals surface area (Å²) in [5.41, 5.74) is 0.284. The van der Waals surface area contributed by atoms with Crippen molar-refractivity contribution in [1.29, 1.82) is 0 Å². The first-order chi connectivity index (χ1) is 10.5. The van der Waals surface area contributed by atoms with Crippen LogP contribution in [-0.2, 0) is 0 Å². The van der Waals surface area contributed by atoms with Crippen molar-refractivity contribution in [2.24, 2.45) is 5.92 Å². The zero-order valence-corrected chi connectivity index (χ0v) is 12.5. The largest absolute Gasteiger partial charge is 0.496 e. The second-order valence-electron chi connectivity index (χ2n) is 4.98. The topological polar surface area (TPSA) is 89.4 Å². The summed E-state index contributed by atoms with van der Waals surface area (Å²) in [7, 11) is 1.51. The normalized spacial score (nSPS) is 10.5. The summed E-state index contributed by atoms with van der Waals surface area (Å²) in [5, 5.41) is 9.32. The molecule has 0 aliphatic heterocycles. The maximum absolute atomic E-state index is 12.1. The molecule has 1 N–H and O–H groups in total. The maximum Gasteiger partial charge on any atom is 0.355 e. The van der Waals surface area contributed by atoms with Gasteiger partial charge in [-0.05, 0) is 12.1 Å². The number of nitrogens with zero attached hydrogens (tertiary/aromatic N) is 2. The Morgan fingerprint density at radius 1 is 1.23 bits per heavy atom. The molecule has 22 heavy (non-hydrogen) atoms. The van der Waals surface area contributed by atoms with Gasteiger partial charge in [-0.15, -0.1) is 0 Å². The number of benzene rings is 1. The van der Waals surface area contributed by atoms with Gasteiger partial charge in [0.2, 0.25) is 0 Å². The van der Waals surface area contributed by atoms with Crippen LogP contribution in [0.5, 0.6) is 5.75 Å². The first-order valence-corrected chi connectivity index (χ1v) is 6.73. The Bertz CT molecular complexity index is 726. The molecule has 0 unspecified atom stereocenters. The van der Waals surface area contributed by atoms with Crippen LogP contribution in [0.3, 0.4) is 0 Å². The number of hydrogen-bond acceptors (Lipinski definition) is 5. The van der Waals surface area contributed by atoms with E-state index in [0.29, 0.717) is 11.3 Å². The monoisotopic (exact) mass is 300 g/mol. The van der Waals surface area contributed by atoms with Crippen LogP contribution in [0.15, 0.2) is 30.5 Å². The molecule has 0 fully saturated rings. The van der Waals surface area contributed by atoms with Gasteiger partial charge in [0.05, 0.1) is 18.2 Å². The lowest BCUT2D eigenvalue weighted by Gasteiger charge is -2.10. The molecule has 1 heterocycles. The van der Waals surface area contributed by atoms with E-state index in [4.69, 9.17) is 4.74 Å². The number of para-hydroxylation sites is 1. The van der Waals surface area contributed by atoms with Crippen LogP contribution in [0.4, 0.5) is 0 Å². The number of carboxylic acids is 1. The van der Waals surface area contributed by atoms with Gasteiger partial charge in [-0.1, -0.05) is 26.0 Å². The number of ether oxygens (including phenoxy) is 1. The molecule has 2 rings (SSSR count). The summed E-state index contributed by atoms with van der Waals surface area (Å²) in [4.78, 5) is 31.7. The van der Waals surface area contributed by atoms with Gasteiger partial charge < -0.3 is 9.84 Å². The summed E-state index contributed by atoms with van der Waals surface area (Å²) in [6, 6.07) is 7.02. The van der Waals surface area contributed by atoms with Crippen LogP contribution in [0.25, 0.3) is 11.4 Å². The average molecular weight is 300 g/mol. The Morgan fingerprint density at radius 3 is 2.50 bits per heavy atom. The maximum atomic E-state index is 12.1. The minimum atomic E-state index is -1.26. The van der Waals surface area contributed by atoms with E-state index >= 15 is 0 Å². The molecule has 0 saturated carbocycles. The van der Waals surface area contributed by atoms with E-state index in [2.05, 4.69) is 9.97 Å². The second-order valence-corrected chi connectivity index (χ2v) is 4.98. The van der Waals surface area contributed by atoms with E-state index in [-0.39, 0.29) is 28.8 Å². The van der Waals surface area contributed by atoms with Crippen molar-refractivity contribution < 1.29 is 19.4 Å². The number of hydrogen-bond donors (Lipinski definition) is 1. The van der Waals surface area contributed by atoms with E-state index in [1.54, 1.807) is 38.1 Å². The van der Waals surface area contributed by atoms with Crippen LogP contribution >= 0.6 is 0 Å². The lowest BCUT2D eigenvalue weighted by Crippen LogP contribution is -2.16. The van der Waals surface area contributed by atoms with Crippen molar-refractivity contribution in [3.8, 4) is 17.1 Å². The van der Waals surface area contributed by atoms with Gasteiger partial charge in [-0.3, -0.25) is 4.79 Å². The van der Waals surface area contributed by atoms with Crippen molar-refractivity contribution in [2.75, 3.05) is 7.11 Å². The van der Waals surface area contributed by atoms with E-state index < -0.39 is 5.97 Å². The lowest BCUT2D eigenvalue weighted by atomic mass is 10.0. The molecule has 0 bridgehead atoms. The molecule has 0 radical (unpaired) electrons. The van der Waals surface area contributed by atoms with Crippen LogP contribution in [-0.4, -0.2) is 33.9 Å². The van der Waals surface area contributed by atoms with Gasteiger partial charge >= 0.3 is 5.97 Å². The third-order valence-corrected chi connectivity index (χ3v) is 3.13. The minimum Gasteiger partial charge on any atom is -0.496 e. The number of aromatic nitrogens is 2. The summed E-state index contributed by atoms with van der Waals surface area (Å²) in [6.07, 6.45) is 1.26. The molecular weight excluding hydrogens is 284 g/mol. The fourth-order valence-corrected chi connectivity index (χ4v) is 2.00. The minimum absolute atomic E-state index is 0.0150. The summed E-state index contributed by atoms with van der Waals surface area (Å²) < 4.78 is 5.22. The highest BCUT2D eigenvalue weighted by Crippen LogP contribution is 2.27. The molecule has 114 valence electrons. The van der Waals surface area contributed by atoms with E-state index in [0.717, 1.165) is 0 Å². The Labute approximate surface area is 127 Å². The van der Waals surface area contributed by atoms with Crippen molar-refractivity contribution in [1.82, 2.24) is 9.97 Å². The smallest absolute Gasteiger partial charge is 0.355 e. The number of carboxylic acid groups (broad SMARTS) is 1. The molecule has 6 nitrogen and oxygen atoms in total. The number of ketones is 1. The molecule has 6 heteroatoms. The Kier molecular flexibility index (Phi) is 4.50. The fraction of sp³-hybridized carbons (Fsp3) is 0.250. The highest BCUT2D eigenvalue weighted by Gasteiger charge is 2.22. The number of carbonyl (C=O) groups is 2. The number of Topliss-reactive ketones (excluding diaryl/α,β-unsaturated/α-hetero) is 1. The van der Waals surface area contributed by atoms with Crippen LogP contribution in [0.1, 0.15) is 34.7 Å². The van der Waals surface area contributed by atoms with E-state index in [1.807, 2.05) is 0 Å². The van der Waals surface area contributed by atoms with Gasteiger partial charge in [0.15, 0.2) is 17.3 Å². The third kappa shape index (κ3) is 2.95. The molecule has 0 amide bonds. The zero-order chi connectivity index (χ0) is 16.3. The first-order valence-electron chi connectivity index (χ1n) is 6.73. The summed E-state index contributed by atoms with van der Waals surface area (Å²) >= 11 is 0. The highest BCUT2D eigenvalue weighted by molar-refractivity contribution is 6.05. The molecule has 0 aliphatic rings. The summed E-state index contributed by atoms with van der Waals surface area (Å²) in [5.74, 6) is -1.16. The van der Waals surface area contributed by atoms with Gasteiger partial charge in [-0.2, -0.15) is 0 Å². The molecule has 1 aromatic heterocycles. The Hall–Kier alpha value is -2.76. The molecule has 0 saturated heterocycles. The predicted molar refractivity (Wildman–Crippen MR) is 80.1 cm³/mol. The van der Waals surface area contributed by atoms with Gasteiger partial charge in [0.25, 0.3) is 0 Å². The fourth-order valence-electron chi connectivity index (χ4n) is 2.00. The van der Waals surface area contributed by atoms with Gasteiger partial charge in [0, 0.05) is 12.1 Å². The predicted octanol–water partition coefficient (Wildman–Crippen LogP) is 2.69. The molecular formula is C16H16N2O4. The van der Waals surface area contributed by atoms with Crippen LogP contribution in [0, 0.1) is 5.92 Å². The SMILES string of the molecule is COc1ccccc1-c1ncc(C(=O)C(C)C)c(C(=O)O)n1. The highest BCUT2D eigenvalue weighted by atomic mass is 16.5.